The molecule has 0 aliphatic carbocycles. The zero-order valence-electron chi connectivity index (χ0n) is 41.6. The van der Waals surface area contributed by atoms with Gasteiger partial charge in [0, 0.05) is 41.5 Å². The predicted molar refractivity (Wildman–Crippen MR) is 275 cm³/mol. The molecule has 362 valence electrons. The first kappa shape index (κ1) is 51.5. The number of rotatable bonds is 21. The molecule has 2 aliphatic rings. The van der Waals surface area contributed by atoms with Gasteiger partial charge in [-0.05, 0) is 113 Å². The highest BCUT2D eigenvalue weighted by Crippen LogP contribution is 2.52. The monoisotopic (exact) mass is 951 g/mol. The molecule has 4 heterocycles. The van der Waals surface area contributed by atoms with Crippen molar-refractivity contribution in [1.82, 2.24) is 20.4 Å². The fraction of sp³-hybridized carbons (Fsp3) is 0.509. The van der Waals surface area contributed by atoms with E-state index in [9.17, 15) is 14.7 Å². The molecule has 3 unspecified atom stereocenters. The van der Waals surface area contributed by atoms with Crippen molar-refractivity contribution >= 4 is 52.2 Å². The summed E-state index contributed by atoms with van der Waals surface area (Å²) in [4.78, 5) is 48.2. The molecule has 67 heavy (non-hydrogen) atoms. The van der Waals surface area contributed by atoms with Gasteiger partial charge in [0.05, 0.1) is 26.7 Å². The molecule has 2 aromatic heterocycles. The van der Waals surface area contributed by atoms with Crippen molar-refractivity contribution in [2.75, 3.05) is 13.1 Å². The second-order valence-corrected chi connectivity index (χ2v) is 22.2. The number of fused-ring (bicyclic) bond motifs is 1. The number of benzene rings is 2. The summed E-state index contributed by atoms with van der Waals surface area (Å²) in [7, 11) is 0. The van der Waals surface area contributed by atoms with E-state index in [1.165, 1.54) is 0 Å². The van der Waals surface area contributed by atoms with Crippen molar-refractivity contribution in [2.24, 2.45) is 11.8 Å². The molecule has 0 saturated carbocycles. The summed E-state index contributed by atoms with van der Waals surface area (Å²) in [6.45, 7) is 21.9. The average molecular weight is 951 g/mol. The Bertz CT molecular complexity index is 2370. The van der Waals surface area contributed by atoms with Crippen molar-refractivity contribution in [2.45, 2.75) is 158 Å². The molecule has 10 nitrogen and oxygen atoms in total. The Morgan fingerprint density at radius 1 is 0.627 bits per heavy atom. The number of hydrogen-bond acceptors (Lipinski definition) is 9. The first-order valence-electron chi connectivity index (χ1n) is 24.5. The molecule has 3 atom stereocenters. The van der Waals surface area contributed by atoms with Crippen molar-refractivity contribution in [1.29, 1.82) is 0 Å². The third kappa shape index (κ3) is 13.4. The van der Waals surface area contributed by atoms with Crippen LogP contribution in [0, 0.1) is 11.8 Å². The quantitative estimate of drug-likeness (QED) is 0.0712. The molecule has 2 aromatic carbocycles. The maximum Gasteiger partial charge on any atom is 0.407 e. The zero-order chi connectivity index (χ0) is 48.5. The van der Waals surface area contributed by atoms with Crippen LogP contribution < -0.4 is 10.6 Å². The van der Waals surface area contributed by atoms with Gasteiger partial charge in [0.15, 0.2) is 6.23 Å². The van der Waals surface area contributed by atoms with Crippen LogP contribution >= 0.6 is 22.7 Å². The second kappa shape index (κ2) is 22.9. The third-order valence-corrected chi connectivity index (χ3v) is 14.7. The van der Waals surface area contributed by atoms with Crippen LogP contribution in [0.1, 0.15) is 148 Å². The summed E-state index contributed by atoms with van der Waals surface area (Å²) in [5.74, 6) is 0.627. The summed E-state index contributed by atoms with van der Waals surface area (Å²) < 4.78 is 10.8. The van der Waals surface area contributed by atoms with Gasteiger partial charge in [-0.1, -0.05) is 121 Å². The SMILES string of the molecule is CCCCCC(CC)CN1C(=O)C2=C(c3ccc(-c4ccc(CNC(=O)OC(C)(C)C)cc4)s3)N(CC(CC)CCCC)C(O)C2=C1c1ccc(-c2ccc(CNC(=O)OC(C)(C)C)cc2)s1. The lowest BCUT2D eigenvalue weighted by molar-refractivity contribution is -0.123. The van der Waals surface area contributed by atoms with Gasteiger partial charge in [-0.15, -0.1) is 22.7 Å². The molecule has 6 rings (SSSR count). The molecule has 0 bridgehead atoms. The number of nitrogens with zero attached hydrogens (tertiary/aromatic N) is 2. The van der Waals surface area contributed by atoms with E-state index in [2.05, 4.69) is 91.8 Å². The van der Waals surface area contributed by atoms with Crippen LogP contribution in [-0.4, -0.2) is 63.5 Å². The fourth-order valence-corrected chi connectivity index (χ4v) is 10.9. The molecule has 3 amide bonds. The first-order valence-corrected chi connectivity index (χ1v) is 26.1. The van der Waals surface area contributed by atoms with Gasteiger partial charge < -0.3 is 35.0 Å². The highest BCUT2D eigenvalue weighted by molar-refractivity contribution is 7.17. The van der Waals surface area contributed by atoms with Gasteiger partial charge in [-0.25, -0.2) is 9.59 Å². The van der Waals surface area contributed by atoms with Crippen LogP contribution in [-0.2, 0) is 27.4 Å². The Labute approximate surface area is 407 Å². The van der Waals surface area contributed by atoms with Gasteiger partial charge in [-0.3, -0.25) is 4.79 Å². The Morgan fingerprint density at radius 3 is 1.54 bits per heavy atom. The highest BCUT2D eigenvalue weighted by Gasteiger charge is 2.49. The minimum Gasteiger partial charge on any atom is -0.444 e. The third-order valence-electron chi connectivity index (χ3n) is 12.4. The summed E-state index contributed by atoms with van der Waals surface area (Å²) in [5.41, 5.74) is 5.82. The maximum absolute atomic E-state index is 15.4. The number of aliphatic hydroxyl groups excluding tert-OH is 1. The molecule has 12 heteroatoms. The number of ether oxygens (including phenoxy) is 2. The standard InChI is InChI=1S/C55H74N4O6S2/c1-11-15-17-19-37(14-4)35-59-49(45-31-29-43(67-45)41-26-22-39(23-27-41)33-57-53(63)65-55(8,9)10)47-46(51(59)61)48(58(50(47)60)34-36(13-3)18-16-12-2)44-30-28-42(66-44)40-24-20-38(21-25-40)32-56-52(62)64-54(5,6)7/h20-31,36-37,50,60H,11-19,32-35H2,1-10H3,(H,56,62)(H,57,63). The van der Waals surface area contributed by atoms with Gasteiger partial charge in [0.25, 0.3) is 5.91 Å². The van der Waals surface area contributed by atoms with Crippen LogP contribution in [0.3, 0.4) is 0 Å². The van der Waals surface area contributed by atoms with Crippen LogP contribution in [0.25, 0.3) is 32.3 Å². The number of carbonyl (C=O) groups is 3. The van der Waals surface area contributed by atoms with Gasteiger partial charge in [0.1, 0.15) is 11.2 Å². The first-order chi connectivity index (χ1) is 31.9. The number of aliphatic hydroxyl groups is 1. The van der Waals surface area contributed by atoms with E-state index in [4.69, 9.17) is 9.47 Å². The normalized spacial score (nSPS) is 16.2. The minimum atomic E-state index is -0.991. The Kier molecular flexibility index (Phi) is 17.6. The van der Waals surface area contributed by atoms with Crippen LogP contribution in [0.4, 0.5) is 9.59 Å². The number of unbranched alkanes of at least 4 members (excludes halogenated alkanes) is 3. The molecular weight excluding hydrogens is 877 g/mol. The Balaban J connectivity index is 1.38. The van der Waals surface area contributed by atoms with E-state index in [1.54, 1.807) is 22.7 Å². The largest absolute Gasteiger partial charge is 0.444 e. The zero-order valence-corrected chi connectivity index (χ0v) is 43.2. The number of nitrogens with one attached hydrogen (secondary N) is 2. The van der Waals surface area contributed by atoms with Crippen molar-refractivity contribution in [3.63, 3.8) is 0 Å². The van der Waals surface area contributed by atoms with Gasteiger partial charge in [-0.2, -0.15) is 0 Å². The molecule has 4 aromatic rings. The van der Waals surface area contributed by atoms with E-state index in [0.29, 0.717) is 49.2 Å². The van der Waals surface area contributed by atoms with Crippen LogP contribution in [0.2, 0.25) is 0 Å². The summed E-state index contributed by atoms with van der Waals surface area (Å²) in [6, 6.07) is 24.8. The van der Waals surface area contributed by atoms with E-state index in [1.807, 2.05) is 70.7 Å². The van der Waals surface area contributed by atoms with E-state index in [-0.39, 0.29) is 5.91 Å². The number of carbonyl (C=O) groups excluding carboxylic acids is 3. The molecule has 0 spiro atoms. The number of thiophene rings is 2. The average Bonchev–Trinajstić information content (AvgIpc) is 4.08. The number of amides is 3. The van der Waals surface area contributed by atoms with E-state index >= 15 is 4.79 Å². The topological polar surface area (TPSA) is 120 Å². The van der Waals surface area contributed by atoms with Crippen molar-refractivity contribution in [3.05, 3.63) is 105 Å². The summed E-state index contributed by atoms with van der Waals surface area (Å²) in [6.07, 6.45) is 7.77. The molecule has 3 N–H and O–H groups in total. The van der Waals surface area contributed by atoms with Crippen LogP contribution in [0.15, 0.2) is 83.9 Å². The lowest BCUT2D eigenvalue weighted by atomic mass is 9.97. The Hall–Kier alpha value is -4.91. The lowest BCUT2D eigenvalue weighted by Crippen LogP contribution is -2.36. The maximum atomic E-state index is 15.4. The minimum absolute atomic E-state index is 0.0364. The highest BCUT2D eigenvalue weighted by atomic mass is 32.1. The van der Waals surface area contributed by atoms with E-state index in [0.717, 1.165) is 111 Å². The second-order valence-electron chi connectivity index (χ2n) is 20.0. The van der Waals surface area contributed by atoms with Gasteiger partial charge >= 0.3 is 12.2 Å². The summed E-state index contributed by atoms with van der Waals surface area (Å²) >= 11 is 3.28. The molecule has 0 saturated heterocycles. The smallest absolute Gasteiger partial charge is 0.407 e. The number of alkyl carbamates (subject to hydrolysis) is 2. The van der Waals surface area contributed by atoms with E-state index < -0.39 is 29.6 Å². The van der Waals surface area contributed by atoms with Gasteiger partial charge in [0.2, 0.25) is 0 Å². The van der Waals surface area contributed by atoms with Crippen LogP contribution in [0.5, 0.6) is 0 Å². The van der Waals surface area contributed by atoms with Crippen molar-refractivity contribution in [3.8, 4) is 20.9 Å². The van der Waals surface area contributed by atoms with Crippen molar-refractivity contribution < 1.29 is 29.0 Å². The fourth-order valence-electron chi connectivity index (χ4n) is 8.77. The lowest BCUT2D eigenvalue weighted by Gasteiger charge is -2.32. The summed E-state index contributed by atoms with van der Waals surface area (Å²) in [5, 5.41) is 18.5. The molecule has 2 aliphatic heterocycles. The Morgan fingerprint density at radius 2 is 1.07 bits per heavy atom. The predicted octanol–water partition coefficient (Wildman–Crippen LogP) is 13.6. The molecule has 0 fully saturated rings. The molecule has 0 radical (unpaired) electrons. The molecular formula is C55H74N4O6S2. The number of hydrogen-bond donors (Lipinski definition) is 3.